The number of benzene rings is 1. The lowest BCUT2D eigenvalue weighted by molar-refractivity contribution is -0.126. The molecule has 1 amide bonds. The summed E-state index contributed by atoms with van der Waals surface area (Å²) in [5.41, 5.74) is 0.760. The van der Waals surface area contributed by atoms with Crippen molar-refractivity contribution >= 4 is 12.0 Å². The molecule has 1 aliphatic heterocycles. The van der Waals surface area contributed by atoms with Crippen molar-refractivity contribution in [3.63, 3.8) is 0 Å². The zero-order valence-electron chi connectivity index (χ0n) is 11.3. The summed E-state index contributed by atoms with van der Waals surface area (Å²) in [6, 6.07) is 4.58. The molecule has 1 aromatic rings. The van der Waals surface area contributed by atoms with Crippen LogP contribution in [0.25, 0.3) is 6.08 Å². The molecule has 0 aromatic heterocycles. The van der Waals surface area contributed by atoms with Crippen LogP contribution in [0, 0.1) is 0 Å². The molecule has 1 heterocycles. The molecule has 1 aliphatic rings. The number of phenolic OH excluding ortho intramolecular Hbond substituents is 2. The van der Waals surface area contributed by atoms with Crippen LogP contribution in [0.2, 0.25) is 0 Å². The smallest absolute Gasteiger partial charge is 0.246 e. The highest BCUT2D eigenvalue weighted by atomic mass is 16.3. The van der Waals surface area contributed by atoms with Crippen molar-refractivity contribution in [2.45, 2.75) is 19.3 Å². The minimum atomic E-state index is -0.152. The van der Waals surface area contributed by atoms with Gasteiger partial charge in [0.1, 0.15) is 0 Å². The maximum absolute atomic E-state index is 11.8. The maximum atomic E-state index is 11.8. The normalized spacial score (nSPS) is 16.1. The van der Waals surface area contributed by atoms with E-state index in [0.29, 0.717) is 0 Å². The molecule has 0 atom stereocenters. The second kappa shape index (κ2) is 6.80. The maximum Gasteiger partial charge on any atom is 0.246 e. The van der Waals surface area contributed by atoms with Crippen LogP contribution in [-0.2, 0) is 4.79 Å². The zero-order chi connectivity index (χ0) is 14.4. The van der Waals surface area contributed by atoms with Gasteiger partial charge >= 0.3 is 0 Å². The lowest BCUT2D eigenvalue weighted by atomic mass is 10.1. The van der Waals surface area contributed by atoms with Crippen LogP contribution < -0.4 is 0 Å². The molecule has 2 rings (SSSR count). The van der Waals surface area contributed by atoms with Gasteiger partial charge < -0.3 is 15.1 Å². The van der Waals surface area contributed by atoms with Gasteiger partial charge in [0.05, 0.1) is 0 Å². The largest absolute Gasteiger partial charge is 0.504 e. The molecule has 2 N–H and O–H groups in total. The van der Waals surface area contributed by atoms with E-state index in [4.69, 9.17) is 0 Å². The first-order valence-electron chi connectivity index (χ1n) is 6.82. The van der Waals surface area contributed by atoms with Crippen LogP contribution >= 0.6 is 0 Å². The number of carbonyl (C=O) groups excluding carboxylic acids is 1. The molecule has 1 fully saturated rings. The fraction of sp³-hybridized carbons (Fsp3) is 0.312. The number of allylic oxidation sites excluding steroid dienone is 2. The zero-order valence-corrected chi connectivity index (χ0v) is 11.3. The average Bonchev–Trinajstić information content (AvgIpc) is 2.48. The second-order valence-corrected chi connectivity index (χ2v) is 4.85. The van der Waals surface area contributed by atoms with Gasteiger partial charge in [0.2, 0.25) is 5.91 Å². The third-order valence-electron chi connectivity index (χ3n) is 3.31. The molecule has 0 spiro atoms. The highest BCUT2D eigenvalue weighted by Gasteiger charge is 2.13. The summed E-state index contributed by atoms with van der Waals surface area (Å²) in [5, 5.41) is 18.5. The third kappa shape index (κ3) is 3.88. The molecule has 0 unspecified atom stereocenters. The molecule has 4 heteroatoms. The molecular formula is C16H19NO3. The van der Waals surface area contributed by atoms with Gasteiger partial charge in [0.25, 0.3) is 0 Å². The van der Waals surface area contributed by atoms with E-state index in [-0.39, 0.29) is 17.4 Å². The summed E-state index contributed by atoms with van der Waals surface area (Å²) in [4.78, 5) is 13.7. The first kappa shape index (κ1) is 14.2. The quantitative estimate of drug-likeness (QED) is 0.505. The van der Waals surface area contributed by atoms with Gasteiger partial charge in [-0.1, -0.05) is 24.3 Å². The van der Waals surface area contributed by atoms with E-state index in [1.165, 1.54) is 18.6 Å². The predicted molar refractivity (Wildman–Crippen MR) is 78.4 cm³/mol. The Morgan fingerprint density at radius 2 is 1.80 bits per heavy atom. The van der Waals surface area contributed by atoms with Crippen molar-refractivity contribution in [1.29, 1.82) is 0 Å². The van der Waals surface area contributed by atoms with Crippen molar-refractivity contribution in [3.8, 4) is 11.5 Å². The number of nitrogens with zero attached hydrogens (tertiary/aromatic N) is 1. The number of piperidine rings is 1. The molecule has 4 nitrogen and oxygen atoms in total. The summed E-state index contributed by atoms with van der Waals surface area (Å²) in [5.74, 6) is -0.249. The van der Waals surface area contributed by atoms with Gasteiger partial charge in [-0.3, -0.25) is 4.79 Å². The number of amides is 1. The molecule has 106 valence electrons. The van der Waals surface area contributed by atoms with Crippen LogP contribution in [-0.4, -0.2) is 34.1 Å². The fourth-order valence-electron chi connectivity index (χ4n) is 2.17. The minimum Gasteiger partial charge on any atom is -0.504 e. The van der Waals surface area contributed by atoms with E-state index in [1.54, 1.807) is 30.4 Å². The predicted octanol–water partition coefficient (Wildman–Crippen LogP) is 2.68. The van der Waals surface area contributed by atoms with Crippen LogP contribution in [0.5, 0.6) is 11.5 Å². The van der Waals surface area contributed by atoms with Crippen LogP contribution in [0.3, 0.4) is 0 Å². The Kier molecular flexibility index (Phi) is 4.82. The van der Waals surface area contributed by atoms with Crippen molar-refractivity contribution in [3.05, 3.63) is 42.0 Å². The monoisotopic (exact) mass is 273 g/mol. The third-order valence-corrected chi connectivity index (χ3v) is 3.31. The van der Waals surface area contributed by atoms with Crippen molar-refractivity contribution in [2.24, 2.45) is 0 Å². The van der Waals surface area contributed by atoms with Gasteiger partial charge in [-0.15, -0.1) is 0 Å². The number of aromatic hydroxyl groups is 2. The van der Waals surface area contributed by atoms with Crippen molar-refractivity contribution in [2.75, 3.05) is 13.1 Å². The van der Waals surface area contributed by atoms with E-state index in [2.05, 4.69) is 0 Å². The molecule has 1 saturated heterocycles. The highest BCUT2D eigenvalue weighted by Crippen LogP contribution is 2.25. The van der Waals surface area contributed by atoms with Crippen molar-refractivity contribution < 1.29 is 15.0 Å². The topological polar surface area (TPSA) is 60.8 Å². The first-order chi connectivity index (χ1) is 9.66. The van der Waals surface area contributed by atoms with Gasteiger partial charge in [-0.25, -0.2) is 0 Å². The average molecular weight is 273 g/mol. The summed E-state index contributed by atoms with van der Waals surface area (Å²) >= 11 is 0. The molecule has 1 aromatic carbocycles. The number of carbonyl (C=O) groups is 1. The Labute approximate surface area is 118 Å². The number of rotatable bonds is 3. The van der Waals surface area contributed by atoms with Crippen LogP contribution in [0.15, 0.2) is 36.4 Å². The van der Waals surface area contributed by atoms with E-state index in [0.717, 1.165) is 31.5 Å². The lowest BCUT2D eigenvalue weighted by Gasteiger charge is -2.25. The molecule has 0 radical (unpaired) electrons. The number of hydrogen-bond donors (Lipinski definition) is 2. The van der Waals surface area contributed by atoms with Gasteiger partial charge in [-0.05, 0) is 37.0 Å². The summed E-state index contributed by atoms with van der Waals surface area (Å²) < 4.78 is 0. The Morgan fingerprint density at radius 3 is 2.50 bits per heavy atom. The molecule has 0 saturated carbocycles. The lowest BCUT2D eigenvalue weighted by Crippen LogP contribution is -2.34. The summed E-state index contributed by atoms with van der Waals surface area (Å²) in [6.45, 7) is 1.69. The second-order valence-electron chi connectivity index (χ2n) is 4.85. The number of hydrogen-bond acceptors (Lipinski definition) is 3. The van der Waals surface area contributed by atoms with E-state index in [1.807, 2.05) is 4.90 Å². The first-order valence-corrected chi connectivity index (χ1v) is 6.82. The Morgan fingerprint density at radius 1 is 1.05 bits per heavy atom. The molecule has 20 heavy (non-hydrogen) atoms. The summed E-state index contributed by atoms with van der Waals surface area (Å²) in [7, 11) is 0. The Hall–Kier alpha value is -2.23. The van der Waals surface area contributed by atoms with E-state index < -0.39 is 0 Å². The van der Waals surface area contributed by atoms with Gasteiger partial charge in [0, 0.05) is 19.2 Å². The van der Waals surface area contributed by atoms with E-state index in [9.17, 15) is 15.0 Å². The summed E-state index contributed by atoms with van der Waals surface area (Å²) in [6.07, 6.45) is 10.1. The van der Waals surface area contributed by atoms with Gasteiger partial charge in [0.15, 0.2) is 11.5 Å². The molecular weight excluding hydrogens is 254 g/mol. The molecule has 0 bridgehead atoms. The SMILES string of the molecule is O=C(/C=C/C=C/c1ccc(O)c(O)c1)N1CCCCC1. The van der Waals surface area contributed by atoms with Crippen LogP contribution in [0.4, 0.5) is 0 Å². The number of likely N-dealkylation sites (tertiary alicyclic amines) is 1. The van der Waals surface area contributed by atoms with Gasteiger partial charge in [-0.2, -0.15) is 0 Å². The fourth-order valence-corrected chi connectivity index (χ4v) is 2.17. The minimum absolute atomic E-state index is 0.0444. The van der Waals surface area contributed by atoms with E-state index >= 15 is 0 Å². The van der Waals surface area contributed by atoms with Crippen molar-refractivity contribution in [1.82, 2.24) is 4.90 Å². The Bertz CT molecular complexity index is 529. The van der Waals surface area contributed by atoms with Crippen LogP contribution in [0.1, 0.15) is 24.8 Å². The number of phenols is 2. The Balaban J connectivity index is 1.89. The standard InChI is InChI=1S/C16H19NO3/c18-14-9-8-13(12-15(14)19)6-2-3-7-16(20)17-10-4-1-5-11-17/h2-3,6-9,12,18-19H,1,4-5,10-11H2/b6-2+,7-3+. The molecule has 0 aliphatic carbocycles. The highest BCUT2D eigenvalue weighted by molar-refractivity contribution is 5.88.